The van der Waals surface area contributed by atoms with Crippen LogP contribution in [0.3, 0.4) is 0 Å². The third kappa shape index (κ3) is 3.90. The highest BCUT2D eigenvalue weighted by atomic mass is 35.5. The van der Waals surface area contributed by atoms with E-state index in [1.54, 1.807) is 22.1 Å². The second kappa shape index (κ2) is 7.91. The summed E-state index contributed by atoms with van der Waals surface area (Å²) in [6.07, 6.45) is 4.81. The summed E-state index contributed by atoms with van der Waals surface area (Å²) in [6.45, 7) is 5.20. The molecule has 1 aliphatic rings. The van der Waals surface area contributed by atoms with Gasteiger partial charge in [0.15, 0.2) is 0 Å². The highest BCUT2D eigenvalue weighted by Gasteiger charge is 2.33. The molecule has 26 heavy (non-hydrogen) atoms. The van der Waals surface area contributed by atoms with Gasteiger partial charge < -0.3 is 14.4 Å². The van der Waals surface area contributed by atoms with Gasteiger partial charge in [-0.2, -0.15) is 0 Å². The first-order valence-corrected chi connectivity index (χ1v) is 9.17. The van der Waals surface area contributed by atoms with Crippen molar-refractivity contribution < 1.29 is 9.59 Å². The fourth-order valence-corrected chi connectivity index (χ4v) is 3.51. The van der Waals surface area contributed by atoms with Crippen LogP contribution in [0.4, 0.5) is 5.69 Å². The van der Waals surface area contributed by atoms with Crippen molar-refractivity contribution in [1.29, 1.82) is 0 Å². The first kappa shape index (κ1) is 18.5. The number of carbonyl (C=O) groups is 2. The van der Waals surface area contributed by atoms with E-state index < -0.39 is 0 Å². The maximum absolute atomic E-state index is 12.6. The van der Waals surface area contributed by atoms with Crippen molar-refractivity contribution in [3.05, 3.63) is 47.5 Å². The third-order valence-corrected chi connectivity index (χ3v) is 5.08. The van der Waals surface area contributed by atoms with E-state index in [9.17, 15) is 9.59 Å². The fraction of sp³-hybridized carbons (Fsp3) is 0.421. The molecule has 1 atom stereocenters. The topological polar surface area (TPSA) is 58.4 Å². The van der Waals surface area contributed by atoms with Gasteiger partial charge in [0.25, 0.3) is 0 Å². The number of anilines is 1. The second-order valence-electron chi connectivity index (χ2n) is 6.60. The number of hydrogen-bond acceptors (Lipinski definition) is 3. The van der Waals surface area contributed by atoms with E-state index in [0.717, 1.165) is 18.8 Å². The summed E-state index contributed by atoms with van der Waals surface area (Å²) in [5.41, 5.74) is 0.702. The van der Waals surface area contributed by atoms with E-state index in [1.807, 2.05) is 42.8 Å². The van der Waals surface area contributed by atoms with Gasteiger partial charge in [0.1, 0.15) is 12.4 Å². The molecule has 3 rings (SSSR count). The maximum atomic E-state index is 12.6. The lowest BCUT2D eigenvalue weighted by atomic mass is 10.1. The Kier molecular flexibility index (Phi) is 5.61. The zero-order valence-corrected chi connectivity index (χ0v) is 15.8. The highest BCUT2D eigenvalue weighted by Crippen LogP contribution is 2.28. The summed E-state index contributed by atoms with van der Waals surface area (Å²) >= 11 is 6.22. The van der Waals surface area contributed by atoms with Crippen molar-refractivity contribution in [1.82, 2.24) is 14.5 Å². The monoisotopic (exact) mass is 374 g/mol. The van der Waals surface area contributed by atoms with Gasteiger partial charge in [-0.05, 0) is 32.4 Å². The van der Waals surface area contributed by atoms with Gasteiger partial charge in [-0.25, -0.2) is 4.98 Å². The van der Waals surface area contributed by atoms with Crippen molar-refractivity contribution in [2.75, 3.05) is 18.0 Å². The SMILES string of the molecule is Cc1nccn1CCCC(=O)N1CC(=O)N(c2ccccc2Cl)CC1C. The van der Waals surface area contributed by atoms with Crippen molar-refractivity contribution in [2.45, 2.75) is 39.3 Å². The number of nitrogens with zero attached hydrogens (tertiary/aromatic N) is 4. The predicted octanol–water partition coefficient (Wildman–Crippen LogP) is 2.89. The van der Waals surface area contributed by atoms with E-state index in [2.05, 4.69) is 4.98 Å². The Bertz CT molecular complexity index is 804. The van der Waals surface area contributed by atoms with Crippen LogP contribution >= 0.6 is 11.6 Å². The average Bonchev–Trinajstić information content (AvgIpc) is 3.02. The zero-order valence-electron chi connectivity index (χ0n) is 15.1. The van der Waals surface area contributed by atoms with Crippen LogP contribution < -0.4 is 4.90 Å². The van der Waals surface area contributed by atoms with Crippen molar-refractivity contribution in [3.63, 3.8) is 0 Å². The van der Waals surface area contributed by atoms with Crippen LogP contribution in [-0.2, 0) is 16.1 Å². The van der Waals surface area contributed by atoms with Gasteiger partial charge in [-0.15, -0.1) is 0 Å². The van der Waals surface area contributed by atoms with E-state index in [-0.39, 0.29) is 24.4 Å². The standard InChI is InChI=1S/C19H23ClN4O2/c1-14-12-24(17-7-4-3-6-16(17)20)19(26)13-23(14)18(25)8-5-10-22-11-9-21-15(22)2/h3-4,6-7,9,11,14H,5,8,10,12-13H2,1-2H3. The minimum atomic E-state index is -0.102. The number of piperazine rings is 1. The summed E-state index contributed by atoms with van der Waals surface area (Å²) in [7, 11) is 0. The molecule has 1 aliphatic heterocycles. The van der Waals surface area contributed by atoms with E-state index in [0.29, 0.717) is 23.7 Å². The molecule has 0 N–H and O–H groups in total. The molecule has 6 nitrogen and oxygen atoms in total. The molecule has 1 unspecified atom stereocenters. The average molecular weight is 375 g/mol. The molecule has 1 aromatic heterocycles. The molecule has 0 aliphatic carbocycles. The molecule has 7 heteroatoms. The Balaban J connectivity index is 1.58. The molecule has 0 bridgehead atoms. The predicted molar refractivity (Wildman–Crippen MR) is 101 cm³/mol. The summed E-state index contributed by atoms with van der Waals surface area (Å²) < 4.78 is 2.03. The Hall–Kier alpha value is -2.34. The largest absolute Gasteiger partial charge is 0.335 e. The smallest absolute Gasteiger partial charge is 0.246 e. The Morgan fingerprint density at radius 2 is 2.12 bits per heavy atom. The molecule has 0 saturated carbocycles. The number of benzene rings is 1. The van der Waals surface area contributed by atoms with Crippen LogP contribution in [0.15, 0.2) is 36.7 Å². The second-order valence-corrected chi connectivity index (χ2v) is 7.01. The molecule has 0 spiro atoms. The minimum absolute atomic E-state index is 0.0161. The van der Waals surface area contributed by atoms with Crippen molar-refractivity contribution in [3.8, 4) is 0 Å². The number of aryl methyl sites for hydroxylation is 2. The van der Waals surface area contributed by atoms with Gasteiger partial charge in [0.05, 0.1) is 10.7 Å². The molecule has 2 amide bonds. The van der Waals surface area contributed by atoms with Crippen molar-refractivity contribution >= 4 is 29.1 Å². The van der Waals surface area contributed by atoms with Crippen LogP contribution in [-0.4, -0.2) is 45.4 Å². The molecule has 0 radical (unpaired) electrons. The van der Waals surface area contributed by atoms with Crippen LogP contribution in [0.2, 0.25) is 5.02 Å². The highest BCUT2D eigenvalue weighted by molar-refractivity contribution is 6.33. The van der Waals surface area contributed by atoms with Gasteiger partial charge in [-0.1, -0.05) is 23.7 Å². The molecule has 1 aromatic carbocycles. The fourth-order valence-electron chi connectivity index (χ4n) is 3.27. The molecule has 2 aromatic rings. The number of aromatic nitrogens is 2. The van der Waals surface area contributed by atoms with Gasteiger partial charge in [-0.3, -0.25) is 9.59 Å². The van der Waals surface area contributed by atoms with Crippen LogP contribution in [0, 0.1) is 6.92 Å². The van der Waals surface area contributed by atoms with E-state index >= 15 is 0 Å². The Labute approximate surface area is 158 Å². The molecular formula is C19H23ClN4O2. The summed E-state index contributed by atoms with van der Waals surface area (Å²) in [5.74, 6) is 0.853. The molecule has 138 valence electrons. The van der Waals surface area contributed by atoms with Crippen molar-refractivity contribution in [2.24, 2.45) is 0 Å². The lowest BCUT2D eigenvalue weighted by Gasteiger charge is -2.39. The number of rotatable bonds is 5. The summed E-state index contributed by atoms with van der Waals surface area (Å²) in [5, 5.41) is 0.545. The number of imidazole rings is 1. The quantitative estimate of drug-likeness (QED) is 0.808. The zero-order chi connectivity index (χ0) is 18.7. The van der Waals surface area contributed by atoms with Crippen LogP contribution in [0.1, 0.15) is 25.6 Å². The normalized spacial score (nSPS) is 17.7. The van der Waals surface area contributed by atoms with E-state index in [1.165, 1.54) is 0 Å². The van der Waals surface area contributed by atoms with Gasteiger partial charge in [0, 0.05) is 37.9 Å². The molecule has 2 heterocycles. The first-order chi connectivity index (χ1) is 12.5. The minimum Gasteiger partial charge on any atom is -0.335 e. The van der Waals surface area contributed by atoms with Crippen LogP contribution in [0.5, 0.6) is 0 Å². The number of carbonyl (C=O) groups excluding carboxylic acids is 2. The Morgan fingerprint density at radius 3 is 2.81 bits per heavy atom. The molecule has 1 fully saturated rings. The maximum Gasteiger partial charge on any atom is 0.246 e. The Morgan fingerprint density at radius 1 is 1.35 bits per heavy atom. The lowest BCUT2D eigenvalue weighted by Crippen LogP contribution is -2.57. The number of halogens is 1. The number of amides is 2. The van der Waals surface area contributed by atoms with E-state index in [4.69, 9.17) is 11.6 Å². The summed E-state index contributed by atoms with van der Waals surface area (Å²) in [6, 6.07) is 7.24. The van der Waals surface area contributed by atoms with Gasteiger partial charge >= 0.3 is 0 Å². The lowest BCUT2D eigenvalue weighted by molar-refractivity contribution is -0.139. The summed E-state index contributed by atoms with van der Waals surface area (Å²) in [4.78, 5) is 32.7. The number of para-hydroxylation sites is 1. The van der Waals surface area contributed by atoms with Crippen LogP contribution in [0.25, 0.3) is 0 Å². The molecule has 1 saturated heterocycles. The first-order valence-electron chi connectivity index (χ1n) is 8.79. The molecular weight excluding hydrogens is 352 g/mol. The number of hydrogen-bond donors (Lipinski definition) is 0. The third-order valence-electron chi connectivity index (χ3n) is 4.76. The van der Waals surface area contributed by atoms with Gasteiger partial charge in [0.2, 0.25) is 11.8 Å².